The Labute approximate surface area is 124 Å². The van der Waals surface area contributed by atoms with Gasteiger partial charge in [-0.25, -0.2) is 0 Å². The van der Waals surface area contributed by atoms with Crippen molar-refractivity contribution >= 4 is 10.2 Å². The van der Waals surface area contributed by atoms with Gasteiger partial charge in [-0.2, -0.15) is 17.0 Å². The van der Waals surface area contributed by atoms with Crippen molar-refractivity contribution < 1.29 is 8.42 Å². The van der Waals surface area contributed by atoms with E-state index in [0.29, 0.717) is 25.6 Å². The Morgan fingerprint density at radius 3 is 2.30 bits per heavy atom. The van der Waals surface area contributed by atoms with Crippen LogP contribution < -0.4 is 5.32 Å². The molecule has 1 aliphatic heterocycles. The van der Waals surface area contributed by atoms with E-state index in [1.807, 2.05) is 6.92 Å². The monoisotopic (exact) mass is 305 g/mol. The van der Waals surface area contributed by atoms with Crippen molar-refractivity contribution in [2.45, 2.75) is 46.0 Å². The van der Waals surface area contributed by atoms with Crippen molar-refractivity contribution in [3.05, 3.63) is 0 Å². The maximum Gasteiger partial charge on any atom is 0.281 e. The molecule has 20 heavy (non-hydrogen) atoms. The average molecular weight is 305 g/mol. The van der Waals surface area contributed by atoms with Gasteiger partial charge in [-0.3, -0.25) is 0 Å². The molecule has 0 bridgehead atoms. The molecular formula is C14H31N3O2S. The molecule has 0 aromatic rings. The van der Waals surface area contributed by atoms with E-state index < -0.39 is 10.2 Å². The molecule has 5 nitrogen and oxygen atoms in total. The summed E-state index contributed by atoms with van der Waals surface area (Å²) in [5, 5.41) is 3.33. The zero-order chi connectivity index (χ0) is 15.0. The smallest absolute Gasteiger partial charge is 0.281 e. The molecule has 1 N–H and O–H groups in total. The molecule has 0 spiro atoms. The van der Waals surface area contributed by atoms with Gasteiger partial charge < -0.3 is 5.32 Å². The van der Waals surface area contributed by atoms with E-state index in [9.17, 15) is 8.42 Å². The second-order valence-electron chi connectivity index (χ2n) is 5.73. The van der Waals surface area contributed by atoms with Gasteiger partial charge in [-0.05, 0) is 44.7 Å². The summed E-state index contributed by atoms with van der Waals surface area (Å²) < 4.78 is 28.5. The van der Waals surface area contributed by atoms with Crippen LogP contribution in [0.5, 0.6) is 0 Å². The van der Waals surface area contributed by atoms with E-state index in [1.54, 1.807) is 11.4 Å². The lowest BCUT2D eigenvalue weighted by Gasteiger charge is -2.32. The summed E-state index contributed by atoms with van der Waals surface area (Å²) in [5.41, 5.74) is 0. The minimum Gasteiger partial charge on any atom is -0.317 e. The van der Waals surface area contributed by atoms with Crippen molar-refractivity contribution in [1.29, 1.82) is 0 Å². The molecule has 1 heterocycles. The van der Waals surface area contributed by atoms with Crippen LogP contribution in [0, 0.1) is 5.92 Å². The molecular weight excluding hydrogens is 274 g/mol. The van der Waals surface area contributed by atoms with Crippen molar-refractivity contribution in [2.24, 2.45) is 5.92 Å². The van der Waals surface area contributed by atoms with E-state index in [2.05, 4.69) is 12.2 Å². The van der Waals surface area contributed by atoms with Gasteiger partial charge in [0.25, 0.3) is 10.2 Å². The highest BCUT2D eigenvalue weighted by Gasteiger charge is 2.28. The molecule has 1 aliphatic rings. The molecule has 6 heteroatoms. The first kappa shape index (κ1) is 17.9. The predicted molar refractivity (Wildman–Crippen MR) is 83.9 cm³/mol. The van der Waals surface area contributed by atoms with Crippen LogP contribution in [-0.2, 0) is 10.2 Å². The lowest BCUT2D eigenvalue weighted by Crippen LogP contribution is -2.46. The highest BCUT2D eigenvalue weighted by atomic mass is 32.2. The Hall–Kier alpha value is -0.170. The van der Waals surface area contributed by atoms with Gasteiger partial charge in [0.1, 0.15) is 0 Å². The molecule has 0 aromatic carbocycles. The normalized spacial score (nSPS) is 18.1. The minimum absolute atomic E-state index is 0.497. The van der Waals surface area contributed by atoms with Crippen LogP contribution in [0.2, 0.25) is 0 Å². The number of hydrogen-bond acceptors (Lipinski definition) is 3. The number of hydrogen-bond donors (Lipinski definition) is 1. The van der Waals surface area contributed by atoms with E-state index in [-0.39, 0.29) is 0 Å². The first-order valence-corrected chi connectivity index (χ1v) is 9.34. The van der Waals surface area contributed by atoms with Gasteiger partial charge in [0.05, 0.1) is 0 Å². The zero-order valence-electron chi connectivity index (χ0n) is 13.3. The summed E-state index contributed by atoms with van der Waals surface area (Å²) >= 11 is 0. The number of rotatable bonds is 9. The van der Waals surface area contributed by atoms with Gasteiger partial charge in [-0.15, -0.1) is 0 Å². The van der Waals surface area contributed by atoms with Crippen molar-refractivity contribution in [1.82, 2.24) is 13.9 Å². The van der Waals surface area contributed by atoms with Crippen LogP contribution in [-0.4, -0.2) is 56.8 Å². The molecule has 0 saturated carbocycles. The highest BCUT2D eigenvalue weighted by molar-refractivity contribution is 7.86. The zero-order valence-corrected chi connectivity index (χ0v) is 14.1. The number of unbranched alkanes of at least 4 members (excludes halogenated alkanes) is 1. The maximum atomic E-state index is 12.6. The van der Waals surface area contributed by atoms with Crippen molar-refractivity contribution in [3.63, 3.8) is 0 Å². The van der Waals surface area contributed by atoms with Crippen LogP contribution in [0.1, 0.15) is 46.0 Å². The largest absolute Gasteiger partial charge is 0.317 e. The Morgan fingerprint density at radius 2 is 1.75 bits per heavy atom. The molecule has 0 aromatic heterocycles. The summed E-state index contributed by atoms with van der Waals surface area (Å²) in [6.07, 6.45) is 4.96. The Morgan fingerprint density at radius 1 is 1.10 bits per heavy atom. The fourth-order valence-corrected chi connectivity index (χ4v) is 4.16. The van der Waals surface area contributed by atoms with E-state index in [4.69, 9.17) is 0 Å². The molecule has 1 rings (SSSR count). The molecule has 1 fully saturated rings. The third kappa shape index (κ3) is 5.31. The Bertz CT molecular complexity index is 353. The third-order valence-corrected chi connectivity index (χ3v) is 5.89. The second-order valence-corrected chi connectivity index (χ2v) is 7.77. The first-order valence-electron chi connectivity index (χ1n) is 7.94. The summed E-state index contributed by atoms with van der Waals surface area (Å²) in [6.45, 7) is 8.06. The van der Waals surface area contributed by atoms with Gasteiger partial charge in [0.2, 0.25) is 0 Å². The summed E-state index contributed by atoms with van der Waals surface area (Å²) in [6, 6.07) is 0. The third-order valence-electron chi connectivity index (χ3n) is 3.94. The molecule has 120 valence electrons. The predicted octanol–water partition coefficient (Wildman–Crippen LogP) is 1.67. The number of nitrogens with zero attached hydrogens (tertiary/aromatic N) is 2. The van der Waals surface area contributed by atoms with Crippen LogP contribution >= 0.6 is 0 Å². The number of piperidine rings is 1. The van der Waals surface area contributed by atoms with Gasteiger partial charge in [0.15, 0.2) is 0 Å². The van der Waals surface area contributed by atoms with Gasteiger partial charge >= 0.3 is 0 Å². The average Bonchev–Trinajstić information content (AvgIpc) is 2.45. The quantitative estimate of drug-likeness (QED) is 0.705. The van der Waals surface area contributed by atoms with Crippen LogP contribution in [0.15, 0.2) is 0 Å². The topological polar surface area (TPSA) is 52.7 Å². The molecule has 1 saturated heterocycles. The fourth-order valence-electron chi connectivity index (χ4n) is 2.60. The summed E-state index contributed by atoms with van der Waals surface area (Å²) in [5.74, 6) is 0.497. The highest BCUT2D eigenvalue weighted by Crippen LogP contribution is 2.17. The van der Waals surface area contributed by atoms with E-state index in [0.717, 1.165) is 45.2 Å². The Kier molecular flexibility index (Phi) is 8.02. The standard InChI is InChI=1S/C14H31N3O2S/c1-4-6-12-16(3)20(18,19)17(11-5-2)13-14-7-9-15-10-8-14/h14-15H,4-13H2,1-3H3. The van der Waals surface area contributed by atoms with Crippen molar-refractivity contribution in [2.75, 3.05) is 39.8 Å². The van der Waals surface area contributed by atoms with Crippen LogP contribution in [0.4, 0.5) is 0 Å². The maximum absolute atomic E-state index is 12.6. The molecule has 0 amide bonds. The SMILES string of the molecule is CCCCN(C)S(=O)(=O)N(CCC)CC1CCNCC1. The van der Waals surface area contributed by atoms with Gasteiger partial charge in [0, 0.05) is 26.7 Å². The van der Waals surface area contributed by atoms with Gasteiger partial charge in [-0.1, -0.05) is 20.3 Å². The Balaban J connectivity index is 2.66. The lowest BCUT2D eigenvalue weighted by atomic mass is 9.98. The van der Waals surface area contributed by atoms with Crippen molar-refractivity contribution in [3.8, 4) is 0 Å². The first-order chi connectivity index (χ1) is 9.52. The van der Waals surface area contributed by atoms with Crippen LogP contribution in [0.25, 0.3) is 0 Å². The second kappa shape index (κ2) is 8.97. The van der Waals surface area contributed by atoms with Crippen LogP contribution in [0.3, 0.4) is 0 Å². The minimum atomic E-state index is -3.29. The lowest BCUT2D eigenvalue weighted by molar-refractivity contribution is 0.273. The molecule has 0 unspecified atom stereocenters. The summed E-state index contributed by atoms with van der Waals surface area (Å²) in [7, 11) is -1.58. The number of nitrogens with one attached hydrogen (secondary N) is 1. The molecule has 0 aliphatic carbocycles. The molecule has 0 atom stereocenters. The molecule has 0 radical (unpaired) electrons. The summed E-state index contributed by atoms with van der Waals surface area (Å²) in [4.78, 5) is 0. The fraction of sp³-hybridized carbons (Fsp3) is 1.00. The van der Waals surface area contributed by atoms with E-state index in [1.165, 1.54) is 4.31 Å². The van der Waals surface area contributed by atoms with E-state index >= 15 is 0 Å².